The lowest BCUT2D eigenvalue weighted by molar-refractivity contribution is -0.140. The van der Waals surface area contributed by atoms with E-state index in [1.54, 1.807) is 13.8 Å². The number of amides is 2. The summed E-state index contributed by atoms with van der Waals surface area (Å²) in [5, 5.41) is 14.1. The summed E-state index contributed by atoms with van der Waals surface area (Å²) < 4.78 is 9.13. The summed E-state index contributed by atoms with van der Waals surface area (Å²) in [4.78, 5) is 26.1. The number of rotatable bonds is 7. The fraction of sp³-hybridized carbons (Fsp3) is 0.600. The van der Waals surface area contributed by atoms with Gasteiger partial charge in [-0.1, -0.05) is 0 Å². The Balaban J connectivity index is 2.36. The molecule has 0 radical (unpaired) electrons. The molecule has 9 heteroatoms. The highest BCUT2D eigenvalue weighted by molar-refractivity contribution is 7.09. The van der Waals surface area contributed by atoms with Crippen LogP contribution in [0.2, 0.25) is 0 Å². The number of urea groups is 1. The first-order valence-electron chi connectivity index (χ1n) is 5.69. The largest absolute Gasteiger partial charge is 0.481 e. The summed E-state index contributed by atoms with van der Waals surface area (Å²) in [7, 11) is 0. The van der Waals surface area contributed by atoms with E-state index in [4.69, 9.17) is 9.84 Å². The van der Waals surface area contributed by atoms with Gasteiger partial charge in [-0.25, -0.2) is 9.78 Å². The minimum absolute atomic E-state index is 0.115. The van der Waals surface area contributed by atoms with E-state index in [-0.39, 0.29) is 13.0 Å². The molecule has 0 aliphatic heterocycles. The van der Waals surface area contributed by atoms with Gasteiger partial charge in [0.05, 0.1) is 12.5 Å². The Bertz CT molecular complexity index is 437. The van der Waals surface area contributed by atoms with Crippen molar-refractivity contribution in [2.45, 2.75) is 26.4 Å². The van der Waals surface area contributed by atoms with Crippen LogP contribution in [0.25, 0.3) is 0 Å². The zero-order valence-electron chi connectivity index (χ0n) is 10.7. The molecule has 0 aromatic carbocycles. The summed E-state index contributed by atoms with van der Waals surface area (Å²) in [5.74, 6) is -0.390. The van der Waals surface area contributed by atoms with E-state index in [0.29, 0.717) is 17.6 Å². The molecule has 0 fully saturated rings. The van der Waals surface area contributed by atoms with Crippen LogP contribution in [0.1, 0.15) is 19.2 Å². The van der Waals surface area contributed by atoms with Gasteiger partial charge in [0.2, 0.25) is 5.13 Å². The number of carboxylic acids is 1. The van der Waals surface area contributed by atoms with E-state index in [0.717, 1.165) is 11.5 Å². The van der Waals surface area contributed by atoms with Crippen molar-refractivity contribution >= 4 is 28.7 Å². The fourth-order valence-corrected chi connectivity index (χ4v) is 1.89. The molecule has 1 atom stereocenters. The minimum atomic E-state index is -0.972. The number of carboxylic acid groups (broad SMARTS) is 1. The normalized spacial score (nSPS) is 11.9. The molecular formula is C10H16N4O4S. The van der Waals surface area contributed by atoms with Crippen molar-refractivity contribution < 1.29 is 19.4 Å². The SMILES string of the molecule is CCOC(CNC(=O)Nc1nc(C)ns1)CC(=O)O. The third-order valence-electron chi connectivity index (χ3n) is 2.04. The molecule has 3 N–H and O–H groups in total. The van der Waals surface area contributed by atoms with Gasteiger partial charge in [-0.2, -0.15) is 4.37 Å². The zero-order valence-corrected chi connectivity index (χ0v) is 11.5. The molecule has 1 rings (SSSR count). The topological polar surface area (TPSA) is 113 Å². The summed E-state index contributed by atoms with van der Waals surface area (Å²) in [6.45, 7) is 3.98. The number of hydrogen-bond acceptors (Lipinski definition) is 6. The number of nitrogens with one attached hydrogen (secondary N) is 2. The Morgan fingerprint density at radius 2 is 2.26 bits per heavy atom. The fourth-order valence-electron chi connectivity index (χ4n) is 1.32. The molecule has 0 bridgehead atoms. The van der Waals surface area contributed by atoms with Crippen LogP contribution < -0.4 is 10.6 Å². The molecule has 0 saturated heterocycles. The molecule has 2 amide bonds. The Morgan fingerprint density at radius 3 is 2.79 bits per heavy atom. The van der Waals surface area contributed by atoms with Gasteiger partial charge in [-0.3, -0.25) is 10.1 Å². The number of aryl methyl sites for hydroxylation is 1. The van der Waals surface area contributed by atoms with Crippen LogP contribution in [0, 0.1) is 6.92 Å². The maximum Gasteiger partial charge on any atom is 0.321 e. The second-order valence-electron chi connectivity index (χ2n) is 3.66. The quantitative estimate of drug-likeness (QED) is 0.685. The van der Waals surface area contributed by atoms with Crippen molar-refractivity contribution in [2.75, 3.05) is 18.5 Å². The lowest BCUT2D eigenvalue weighted by atomic mass is 10.2. The van der Waals surface area contributed by atoms with E-state index in [1.165, 1.54) is 0 Å². The van der Waals surface area contributed by atoms with E-state index >= 15 is 0 Å². The summed E-state index contributed by atoms with van der Waals surface area (Å²) >= 11 is 1.07. The van der Waals surface area contributed by atoms with Crippen LogP contribution >= 0.6 is 11.5 Å². The summed E-state index contributed by atoms with van der Waals surface area (Å²) in [6, 6.07) is -0.466. The Morgan fingerprint density at radius 1 is 1.53 bits per heavy atom. The molecule has 0 aliphatic carbocycles. The molecule has 0 aliphatic rings. The summed E-state index contributed by atoms with van der Waals surface area (Å²) in [6.07, 6.45) is -0.712. The smallest absolute Gasteiger partial charge is 0.321 e. The minimum Gasteiger partial charge on any atom is -0.481 e. The standard InChI is InChI=1S/C10H16N4O4S/c1-3-18-7(4-8(15)16)5-11-9(17)13-10-12-6(2)14-19-10/h7H,3-5H2,1-2H3,(H,15,16)(H2,11,12,13,14,17). The highest BCUT2D eigenvalue weighted by Crippen LogP contribution is 2.09. The van der Waals surface area contributed by atoms with Crippen molar-refractivity contribution in [2.24, 2.45) is 0 Å². The Hall–Kier alpha value is -1.74. The van der Waals surface area contributed by atoms with Crippen molar-refractivity contribution in [1.29, 1.82) is 0 Å². The monoisotopic (exact) mass is 288 g/mol. The lowest BCUT2D eigenvalue weighted by Crippen LogP contribution is -2.37. The van der Waals surface area contributed by atoms with Crippen LogP contribution in [0.5, 0.6) is 0 Å². The van der Waals surface area contributed by atoms with Gasteiger partial charge >= 0.3 is 12.0 Å². The number of hydrogen-bond donors (Lipinski definition) is 3. The van der Waals surface area contributed by atoms with Gasteiger partial charge in [-0.05, 0) is 13.8 Å². The van der Waals surface area contributed by atoms with E-state index in [9.17, 15) is 9.59 Å². The molecule has 1 unspecified atom stereocenters. The molecule has 19 heavy (non-hydrogen) atoms. The van der Waals surface area contributed by atoms with E-state index < -0.39 is 18.1 Å². The number of aliphatic carboxylic acids is 1. The molecule has 1 aromatic rings. The first kappa shape index (κ1) is 15.3. The molecule has 106 valence electrons. The van der Waals surface area contributed by atoms with Gasteiger partial charge in [-0.15, -0.1) is 0 Å². The zero-order chi connectivity index (χ0) is 14.3. The Kier molecular flexibility index (Phi) is 6.16. The van der Waals surface area contributed by atoms with Crippen LogP contribution in [0.4, 0.5) is 9.93 Å². The highest BCUT2D eigenvalue weighted by Gasteiger charge is 2.15. The third-order valence-corrected chi connectivity index (χ3v) is 2.76. The first-order valence-corrected chi connectivity index (χ1v) is 6.47. The van der Waals surface area contributed by atoms with E-state index in [1.807, 2.05) is 0 Å². The molecule has 0 spiro atoms. The maximum absolute atomic E-state index is 11.5. The van der Waals surface area contributed by atoms with Gasteiger partial charge in [0.15, 0.2) is 0 Å². The van der Waals surface area contributed by atoms with Crippen LogP contribution in [-0.4, -0.2) is 45.7 Å². The van der Waals surface area contributed by atoms with Crippen LogP contribution in [0.15, 0.2) is 0 Å². The van der Waals surface area contributed by atoms with Crippen molar-refractivity contribution in [3.63, 3.8) is 0 Å². The molecule has 8 nitrogen and oxygen atoms in total. The number of aromatic nitrogens is 2. The van der Waals surface area contributed by atoms with Gasteiger partial charge in [0.1, 0.15) is 5.82 Å². The number of ether oxygens (including phenoxy) is 1. The molecule has 1 heterocycles. The van der Waals surface area contributed by atoms with Gasteiger partial charge in [0, 0.05) is 24.7 Å². The summed E-state index contributed by atoms with van der Waals surface area (Å²) in [5.41, 5.74) is 0. The van der Waals surface area contributed by atoms with Crippen LogP contribution in [0.3, 0.4) is 0 Å². The van der Waals surface area contributed by atoms with Crippen molar-refractivity contribution in [1.82, 2.24) is 14.7 Å². The van der Waals surface area contributed by atoms with Gasteiger partial charge < -0.3 is 15.2 Å². The maximum atomic E-state index is 11.5. The second-order valence-corrected chi connectivity index (χ2v) is 4.41. The lowest BCUT2D eigenvalue weighted by Gasteiger charge is -2.15. The molecular weight excluding hydrogens is 272 g/mol. The van der Waals surface area contributed by atoms with E-state index in [2.05, 4.69) is 20.0 Å². The highest BCUT2D eigenvalue weighted by atomic mass is 32.1. The number of carbonyl (C=O) groups is 2. The van der Waals surface area contributed by atoms with Gasteiger partial charge in [0.25, 0.3) is 0 Å². The van der Waals surface area contributed by atoms with Crippen LogP contribution in [-0.2, 0) is 9.53 Å². The third kappa shape index (κ3) is 6.11. The predicted octanol–water partition coefficient (Wildman–Crippen LogP) is 0.848. The predicted molar refractivity (Wildman–Crippen MR) is 69.3 cm³/mol. The van der Waals surface area contributed by atoms with Crippen molar-refractivity contribution in [3.05, 3.63) is 5.82 Å². The molecule has 0 saturated carbocycles. The average Bonchev–Trinajstić information content (AvgIpc) is 2.71. The average molecular weight is 288 g/mol. The second kappa shape index (κ2) is 7.64. The number of nitrogens with zero attached hydrogens (tertiary/aromatic N) is 2. The van der Waals surface area contributed by atoms with Crippen molar-refractivity contribution in [3.8, 4) is 0 Å². The Labute approximate surface area is 114 Å². The number of carbonyl (C=O) groups excluding carboxylic acids is 1. The number of anilines is 1. The first-order chi connectivity index (χ1) is 9.01. The molecule has 1 aromatic heterocycles.